The molecule has 0 aliphatic rings. The predicted molar refractivity (Wildman–Crippen MR) is 51.7 cm³/mol. The summed E-state index contributed by atoms with van der Waals surface area (Å²) in [6.07, 6.45) is 8.15. The van der Waals surface area contributed by atoms with Gasteiger partial charge in [-0.15, -0.1) is 12.3 Å². The molecule has 12 heavy (non-hydrogen) atoms. The van der Waals surface area contributed by atoms with Gasteiger partial charge in [0.25, 0.3) is 0 Å². The highest BCUT2D eigenvalue weighted by Crippen LogP contribution is 1.99. The Labute approximate surface area is 75.5 Å². The highest BCUT2D eigenvalue weighted by Gasteiger charge is 2.02. The number of rotatable bonds is 6. The van der Waals surface area contributed by atoms with Crippen LogP contribution in [0.15, 0.2) is 0 Å². The summed E-state index contributed by atoms with van der Waals surface area (Å²) in [5, 5.41) is 0. The average molecular weight is 169 g/mol. The molecular formula is C10H19NO. The summed E-state index contributed by atoms with van der Waals surface area (Å²) in [5.74, 6) is 2.59. The van der Waals surface area contributed by atoms with Gasteiger partial charge in [-0.2, -0.15) is 0 Å². The van der Waals surface area contributed by atoms with E-state index < -0.39 is 0 Å². The minimum absolute atomic E-state index is 0.140. The van der Waals surface area contributed by atoms with Gasteiger partial charge < -0.3 is 10.5 Å². The highest BCUT2D eigenvalue weighted by molar-refractivity contribution is 4.83. The van der Waals surface area contributed by atoms with Crippen molar-refractivity contribution in [1.82, 2.24) is 0 Å². The Morgan fingerprint density at radius 1 is 1.50 bits per heavy atom. The lowest BCUT2D eigenvalue weighted by Crippen LogP contribution is -2.27. The van der Waals surface area contributed by atoms with E-state index >= 15 is 0 Å². The minimum Gasteiger partial charge on any atom is -0.377 e. The number of ether oxygens (including phenoxy) is 1. The Morgan fingerprint density at radius 3 is 2.67 bits per heavy atom. The van der Waals surface area contributed by atoms with Gasteiger partial charge in [0.2, 0.25) is 0 Å². The largest absolute Gasteiger partial charge is 0.377 e. The van der Waals surface area contributed by atoms with Crippen molar-refractivity contribution in [1.29, 1.82) is 0 Å². The van der Waals surface area contributed by atoms with Crippen LogP contribution < -0.4 is 5.73 Å². The number of nitrogens with two attached hydrogens (primary N) is 1. The summed E-state index contributed by atoms with van der Waals surface area (Å²) in [6, 6.07) is 0.140. The van der Waals surface area contributed by atoms with Crippen molar-refractivity contribution in [3.63, 3.8) is 0 Å². The third-order valence-corrected chi connectivity index (χ3v) is 1.54. The molecule has 0 heterocycles. The molecule has 0 aromatic carbocycles. The van der Waals surface area contributed by atoms with E-state index in [1.54, 1.807) is 0 Å². The van der Waals surface area contributed by atoms with Crippen LogP contribution in [0.25, 0.3) is 0 Å². The zero-order chi connectivity index (χ0) is 9.40. The van der Waals surface area contributed by atoms with Crippen molar-refractivity contribution in [3.8, 4) is 12.3 Å². The SMILES string of the molecule is C#CCCCC(N)COC(C)C. The first-order chi connectivity index (χ1) is 5.66. The van der Waals surface area contributed by atoms with Crippen LogP contribution >= 0.6 is 0 Å². The summed E-state index contributed by atoms with van der Waals surface area (Å²) < 4.78 is 5.36. The van der Waals surface area contributed by atoms with E-state index in [0.717, 1.165) is 19.3 Å². The Kier molecular flexibility index (Phi) is 6.84. The van der Waals surface area contributed by atoms with Crippen molar-refractivity contribution in [2.75, 3.05) is 6.61 Å². The molecule has 0 aromatic rings. The van der Waals surface area contributed by atoms with Gasteiger partial charge in [-0.3, -0.25) is 0 Å². The number of hydrogen-bond donors (Lipinski definition) is 1. The molecule has 0 saturated heterocycles. The first-order valence-electron chi connectivity index (χ1n) is 4.47. The topological polar surface area (TPSA) is 35.2 Å². The Morgan fingerprint density at radius 2 is 2.17 bits per heavy atom. The van der Waals surface area contributed by atoms with Crippen LogP contribution in [-0.4, -0.2) is 18.8 Å². The summed E-state index contributed by atoms with van der Waals surface area (Å²) >= 11 is 0. The van der Waals surface area contributed by atoms with Gasteiger partial charge in [-0.25, -0.2) is 0 Å². The van der Waals surface area contributed by atoms with Gasteiger partial charge in [0.15, 0.2) is 0 Å². The summed E-state index contributed by atoms with van der Waals surface area (Å²) in [6.45, 7) is 4.66. The molecule has 2 N–H and O–H groups in total. The zero-order valence-corrected chi connectivity index (χ0v) is 8.05. The fraction of sp³-hybridized carbons (Fsp3) is 0.800. The maximum Gasteiger partial charge on any atom is 0.0620 e. The molecule has 2 nitrogen and oxygen atoms in total. The lowest BCUT2D eigenvalue weighted by Gasteiger charge is -2.13. The predicted octanol–water partition coefficient (Wildman–Crippen LogP) is 1.54. The smallest absolute Gasteiger partial charge is 0.0620 e. The number of terminal acetylenes is 1. The monoisotopic (exact) mass is 169 g/mol. The van der Waals surface area contributed by atoms with Crippen LogP contribution in [0.3, 0.4) is 0 Å². The molecule has 0 fully saturated rings. The quantitative estimate of drug-likeness (QED) is 0.483. The molecule has 0 saturated carbocycles. The molecule has 0 rings (SSSR count). The molecule has 0 radical (unpaired) electrons. The molecule has 1 atom stereocenters. The standard InChI is InChI=1S/C10H19NO/c1-4-5-6-7-10(11)8-12-9(2)3/h1,9-10H,5-8,11H2,2-3H3. The van der Waals surface area contributed by atoms with E-state index in [1.807, 2.05) is 13.8 Å². The van der Waals surface area contributed by atoms with E-state index in [0.29, 0.717) is 6.61 Å². The Bertz CT molecular complexity index is 137. The fourth-order valence-corrected chi connectivity index (χ4v) is 0.866. The van der Waals surface area contributed by atoms with Crippen molar-refractivity contribution >= 4 is 0 Å². The van der Waals surface area contributed by atoms with Gasteiger partial charge in [0, 0.05) is 12.5 Å². The van der Waals surface area contributed by atoms with E-state index in [4.69, 9.17) is 16.9 Å². The fourth-order valence-electron chi connectivity index (χ4n) is 0.866. The van der Waals surface area contributed by atoms with Gasteiger partial charge >= 0.3 is 0 Å². The molecule has 1 unspecified atom stereocenters. The van der Waals surface area contributed by atoms with Gasteiger partial charge in [-0.05, 0) is 26.7 Å². The van der Waals surface area contributed by atoms with Crippen molar-refractivity contribution in [3.05, 3.63) is 0 Å². The lowest BCUT2D eigenvalue weighted by atomic mass is 10.1. The van der Waals surface area contributed by atoms with Crippen molar-refractivity contribution in [2.24, 2.45) is 5.73 Å². The lowest BCUT2D eigenvalue weighted by molar-refractivity contribution is 0.0666. The second-order valence-corrected chi connectivity index (χ2v) is 3.24. The molecule has 2 heteroatoms. The van der Waals surface area contributed by atoms with E-state index in [2.05, 4.69) is 5.92 Å². The van der Waals surface area contributed by atoms with Gasteiger partial charge in [-0.1, -0.05) is 0 Å². The molecule has 0 aromatic heterocycles. The Hall–Kier alpha value is -0.520. The van der Waals surface area contributed by atoms with Crippen LogP contribution in [0, 0.1) is 12.3 Å². The van der Waals surface area contributed by atoms with E-state index in [1.165, 1.54) is 0 Å². The van der Waals surface area contributed by atoms with Crippen molar-refractivity contribution in [2.45, 2.75) is 45.3 Å². The summed E-state index contributed by atoms with van der Waals surface area (Å²) in [4.78, 5) is 0. The van der Waals surface area contributed by atoms with Crippen molar-refractivity contribution < 1.29 is 4.74 Å². The zero-order valence-electron chi connectivity index (χ0n) is 8.05. The molecular weight excluding hydrogens is 150 g/mol. The number of hydrogen-bond acceptors (Lipinski definition) is 2. The molecule has 0 bridgehead atoms. The van der Waals surface area contributed by atoms with Gasteiger partial charge in [0.1, 0.15) is 0 Å². The first kappa shape index (κ1) is 11.5. The summed E-state index contributed by atoms with van der Waals surface area (Å²) in [5.41, 5.74) is 5.77. The minimum atomic E-state index is 0.140. The summed E-state index contributed by atoms with van der Waals surface area (Å²) in [7, 11) is 0. The second kappa shape index (κ2) is 7.15. The van der Waals surface area contributed by atoms with E-state index in [9.17, 15) is 0 Å². The molecule has 0 aliphatic carbocycles. The normalized spacial score (nSPS) is 12.9. The second-order valence-electron chi connectivity index (χ2n) is 3.24. The van der Waals surface area contributed by atoms with Crippen LogP contribution in [0.2, 0.25) is 0 Å². The maximum atomic E-state index is 5.77. The third-order valence-electron chi connectivity index (χ3n) is 1.54. The maximum absolute atomic E-state index is 5.77. The van der Waals surface area contributed by atoms with Crippen LogP contribution in [0.5, 0.6) is 0 Å². The molecule has 0 amide bonds. The van der Waals surface area contributed by atoms with Gasteiger partial charge in [0.05, 0.1) is 12.7 Å². The van der Waals surface area contributed by atoms with Crippen LogP contribution in [-0.2, 0) is 4.74 Å². The van der Waals surface area contributed by atoms with Crippen LogP contribution in [0.1, 0.15) is 33.1 Å². The molecule has 0 spiro atoms. The Balaban J connectivity index is 3.22. The highest BCUT2D eigenvalue weighted by atomic mass is 16.5. The van der Waals surface area contributed by atoms with E-state index in [-0.39, 0.29) is 12.1 Å². The molecule has 70 valence electrons. The third kappa shape index (κ3) is 7.59. The first-order valence-corrected chi connectivity index (χ1v) is 4.47. The molecule has 0 aliphatic heterocycles. The number of unbranched alkanes of at least 4 members (excludes halogenated alkanes) is 1. The average Bonchev–Trinajstić information content (AvgIpc) is 2.01. The van der Waals surface area contributed by atoms with Crippen LogP contribution in [0.4, 0.5) is 0 Å².